The number of halogens is 3. The predicted octanol–water partition coefficient (Wildman–Crippen LogP) is 3.28. The Morgan fingerprint density at radius 1 is 1.07 bits per heavy atom. The lowest BCUT2D eigenvalue weighted by molar-refractivity contribution is 0.102. The van der Waals surface area contributed by atoms with Crippen molar-refractivity contribution in [3.63, 3.8) is 0 Å². The number of hydrogen-bond donors (Lipinski definition) is 2. The van der Waals surface area contributed by atoms with Gasteiger partial charge in [0.25, 0.3) is 11.5 Å². The summed E-state index contributed by atoms with van der Waals surface area (Å²) in [6, 6.07) is 10.4. The van der Waals surface area contributed by atoms with Crippen molar-refractivity contribution in [2.24, 2.45) is 0 Å². The van der Waals surface area contributed by atoms with Gasteiger partial charge in [0.2, 0.25) is 0 Å². The van der Waals surface area contributed by atoms with Crippen LogP contribution in [0, 0.1) is 5.82 Å². The molecule has 27 heavy (non-hydrogen) atoms. The molecule has 6 nitrogen and oxygen atoms in total. The Hall–Kier alpha value is -2.90. The normalized spacial score (nSPS) is 10.6. The van der Waals surface area contributed by atoms with Gasteiger partial charge in [0.1, 0.15) is 11.4 Å². The third-order valence-corrected chi connectivity index (χ3v) is 4.42. The van der Waals surface area contributed by atoms with Crippen molar-refractivity contribution in [2.45, 2.75) is 6.54 Å². The van der Waals surface area contributed by atoms with Crippen molar-refractivity contribution < 1.29 is 9.18 Å². The zero-order valence-corrected chi connectivity index (χ0v) is 15.1. The van der Waals surface area contributed by atoms with Crippen LogP contribution < -0.4 is 16.6 Å². The number of anilines is 1. The Morgan fingerprint density at radius 2 is 1.74 bits per heavy atom. The molecule has 0 saturated carbocycles. The van der Waals surface area contributed by atoms with Gasteiger partial charge in [-0.2, -0.15) is 0 Å². The van der Waals surface area contributed by atoms with Crippen LogP contribution in [0.25, 0.3) is 0 Å². The second kappa shape index (κ2) is 7.77. The fourth-order valence-corrected chi connectivity index (χ4v) is 2.90. The Kier molecular flexibility index (Phi) is 5.43. The van der Waals surface area contributed by atoms with Gasteiger partial charge in [0.05, 0.1) is 22.3 Å². The van der Waals surface area contributed by atoms with Crippen LogP contribution in [-0.2, 0) is 6.54 Å². The van der Waals surface area contributed by atoms with Crippen LogP contribution in [0.15, 0.2) is 58.3 Å². The van der Waals surface area contributed by atoms with E-state index in [-0.39, 0.29) is 33.4 Å². The Balaban J connectivity index is 1.98. The number of aromatic amines is 1. The van der Waals surface area contributed by atoms with E-state index in [9.17, 15) is 18.8 Å². The van der Waals surface area contributed by atoms with E-state index in [1.54, 1.807) is 12.1 Å². The van der Waals surface area contributed by atoms with Gasteiger partial charge >= 0.3 is 5.69 Å². The molecule has 1 amide bonds. The van der Waals surface area contributed by atoms with Gasteiger partial charge in [0, 0.05) is 11.8 Å². The molecular weight excluding hydrogens is 396 g/mol. The smallest absolute Gasteiger partial charge is 0.319 e. The molecule has 0 bridgehead atoms. The summed E-state index contributed by atoms with van der Waals surface area (Å²) in [5.41, 5.74) is -1.71. The molecule has 0 unspecified atom stereocenters. The summed E-state index contributed by atoms with van der Waals surface area (Å²) in [4.78, 5) is 39.4. The summed E-state index contributed by atoms with van der Waals surface area (Å²) >= 11 is 12.0. The van der Waals surface area contributed by atoms with E-state index in [4.69, 9.17) is 23.2 Å². The standard InChI is InChI=1S/C18H12Cl2FN3O3/c19-12-5-3-6-13(20)15(12)23-16(25)11-8-22-18(27)24(17(11)26)9-10-4-1-2-7-14(10)21/h1-8H,9H2,(H,22,27)(H,23,25). The fourth-order valence-electron chi connectivity index (χ4n) is 2.41. The van der Waals surface area contributed by atoms with E-state index < -0.39 is 23.0 Å². The molecule has 3 rings (SSSR count). The molecule has 0 atom stereocenters. The van der Waals surface area contributed by atoms with Crippen molar-refractivity contribution in [3.8, 4) is 0 Å². The van der Waals surface area contributed by atoms with Crippen LogP contribution >= 0.6 is 23.2 Å². The molecular formula is C18H12Cl2FN3O3. The summed E-state index contributed by atoms with van der Waals surface area (Å²) in [6.07, 6.45) is 0.989. The number of benzene rings is 2. The van der Waals surface area contributed by atoms with Crippen molar-refractivity contribution in [1.82, 2.24) is 9.55 Å². The number of nitrogens with zero attached hydrogens (tertiary/aromatic N) is 1. The Bertz CT molecular complexity index is 1120. The van der Waals surface area contributed by atoms with Gasteiger partial charge in [-0.25, -0.2) is 9.18 Å². The molecule has 0 fully saturated rings. The van der Waals surface area contributed by atoms with E-state index in [0.717, 1.165) is 10.8 Å². The maximum absolute atomic E-state index is 13.8. The van der Waals surface area contributed by atoms with Crippen LogP contribution in [-0.4, -0.2) is 15.5 Å². The summed E-state index contributed by atoms with van der Waals surface area (Å²) in [5, 5.41) is 2.82. The molecule has 3 aromatic rings. The third-order valence-electron chi connectivity index (χ3n) is 3.79. The van der Waals surface area contributed by atoms with Crippen molar-refractivity contribution in [1.29, 1.82) is 0 Å². The number of carbonyl (C=O) groups is 1. The fraction of sp³-hybridized carbons (Fsp3) is 0.0556. The molecule has 0 saturated heterocycles. The lowest BCUT2D eigenvalue weighted by Gasteiger charge is -2.10. The average molecular weight is 408 g/mol. The zero-order chi connectivity index (χ0) is 19.6. The van der Waals surface area contributed by atoms with Crippen molar-refractivity contribution in [2.75, 3.05) is 5.32 Å². The lowest BCUT2D eigenvalue weighted by Crippen LogP contribution is -2.39. The van der Waals surface area contributed by atoms with E-state index in [2.05, 4.69) is 10.3 Å². The maximum atomic E-state index is 13.8. The second-order valence-corrected chi connectivity index (χ2v) is 6.36. The summed E-state index contributed by atoms with van der Waals surface area (Å²) in [7, 11) is 0. The quantitative estimate of drug-likeness (QED) is 0.695. The number of nitrogens with one attached hydrogen (secondary N) is 2. The molecule has 1 heterocycles. The Labute approximate surface area is 162 Å². The lowest BCUT2D eigenvalue weighted by atomic mass is 10.2. The van der Waals surface area contributed by atoms with E-state index >= 15 is 0 Å². The molecule has 0 radical (unpaired) electrons. The van der Waals surface area contributed by atoms with Gasteiger partial charge in [-0.05, 0) is 18.2 Å². The average Bonchev–Trinajstić information content (AvgIpc) is 2.63. The second-order valence-electron chi connectivity index (χ2n) is 5.54. The summed E-state index contributed by atoms with van der Waals surface area (Å²) < 4.78 is 14.6. The molecule has 0 aliphatic heterocycles. The summed E-state index contributed by atoms with van der Waals surface area (Å²) in [6.45, 7) is -0.325. The van der Waals surface area contributed by atoms with Gasteiger partial charge in [-0.1, -0.05) is 47.5 Å². The highest BCUT2D eigenvalue weighted by molar-refractivity contribution is 6.40. The van der Waals surface area contributed by atoms with Gasteiger partial charge in [0.15, 0.2) is 0 Å². The molecule has 138 valence electrons. The molecule has 2 N–H and O–H groups in total. The number of carbonyl (C=O) groups excluding carboxylic acids is 1. The molecule has 0 spiro atoms. The third kappa shape index (κ3) is 3.94. The first-order valence-corrected chi connectivity index (χ1v) is 8.45. The first kappa shape index (κ1) is 18.9. The van der Waals surface area contributed by atoms with Crippen LogP contribution in [0.5, 0.6) is 0 Å². The molecule has 0 aliphatic rings. The summed E-state index contributed by atoms with van der Waals surface area (Å²) in [5.74, 6) is -1.38. The maximum Gasteiger partial charge on any atom is 0.328 e. The first-order valence-electron chi connectivity index (χ1n) is 7.70. The first-order chi connectivity index (χ1) is 12.9. The van der Waals surface area contributed by atoms with E-state index in [1.165, 1.54) is 30.3 Å². The minimum Gasteiger partial charge on any atom is -0.319 e. The highest BCUT2D eigenvalue weighted by atomic mass is 35.5. The van der Waals surface area contributed by atoms with E-state index in [1.807, 2.05) is 0 Å². The van der Waals surface area contributed by atoms with Crippen molar-refractivity contribution >= 4 is 34.8 Å². The molecule has 0 aliphatic carbocycles. The number of aromatic nitrogens is 2. The molecule has 2 aromatic carbocycles. The number of H-pyrrole nitrogens is 1. The van der Waals surface area contributed by atoms with Gasteiger partial charge < -0.3 is 10.3 Å². The van der Waals surface area contributed by atoms with Crippen LogP contribution in [0.4, 0.5) is 10.1 Å². The molecule has 9 heteroatoms. The van der Waals surface area contributed by atoms with Crippen LogP contribution in [0.1, 0.15) is 15.9 Å². The van der Waals surface area contributed by atoms with Gasteiger partial charge in [-0.15, -0.1) is 0 Å². The number of rotatable bonds is 4. The van der Waals surface area contributed by atoms with Crippen LogP contribution in [0.3, 0.4) is 0 Å². The SMILES string of the molecule is O=C(Nc1c(Cl)cccc1Cl)c1c[nH]c(=O)n(Cc2ccccc2F)c1=O. The minimum atomic E-state index is -0.873. The number of hydrogen-bond acceptors (Lipinski definition) is 3. The topological polar surface area (TPSA) is 84.0 Å². The predicted molar refractivity (Wildman–Crippen MR) is 101 cm³/mol. The van der Waals surface area contributed by atoms with Crippen molar-refractivity contribution in [3.05, 3.63) is 96.5 Å². The Morgan fingerprint density at radius 3 is 2.41 bits per heavy atom. The van der Waals surface area contributed by atoms with Gasteiger partial charge in [-0.3, -0.25) is 14.2 Å². The van der Waals surface area contributed by atoms with E-state index in [0.29, 0.717) is 0 Å². The molecule has 1 aromatic heterocycles. The largest absolute Gasteiger partial charge is 0.328 e. The minimum absolute atomic E-state index is 0.136. The zero-order valence-electron chi connectivity index (χ0n) is 13.6. The number of para-hydroxylation sites is 1. The highest BCUT2D eigenvalue weighted by Crippen LogP contribution is 2.29. The highest BCUT2D eigenvalue weighted by Gasteiger charge is 2.18. The number of amides is 1. The monoisotopic (exact) mass is 407 g/mol. The van der Waals surface area contributed by atoms with Crippen LogP contribution in [0.2, 0.25) is 10.0 Å².